The van der Waals surface area contributed by atoms with Crippen molar-refractivity contribution in [2.45, 2.75) is 19.3 Å². The third kappa shape index (κ3) is 7.26. The number of rotatable bonds is 7. The predicted molar refractivity (Wildman–Crippen MR) is 371 cm³/mol. The number of para-hydroxylation sites is 6. The summed E-state index contributed by atoms with van der Waals surface area (Å²) in [6.07, 6.45) is 0. The van der Waals surface area contributed by atoms with Crippen molar-refractivity contribution in [2.24, 2.45) is 0 Å². The predicted octanol–water partition coefficient (Wildman–Crippen LogP) is 21.3. The maximum absolute atomic E-state index is 5.55. The van der Waals surface area contributed by atoms with Gasteiger partial charge in [-0.3, -0.25) is 4.57 Å². The van der Waals surface area contributed by atoms with Gasteiger partial charge in [0, 0.05) is 76.5 Å². The molecule has 0 bridgehead atoms. The van der Waals surface area contributed by atoms with Crippen LogP contribution in [-0.4, -0.2) is 28.2 Å². The van der Waals surface area contributed by atoms with E-state index in [1.165, 1.54) is 110 Å². The first-order chi connectivity index (χ1) is 43.9. The second kappa shape index (κ2) is 18.7. The molecular formula is C83H54N6. The van der Waals surface area contributed by atoms with Crippen molar-refractivity contribution >= 4 is 98.1 Å². The molecule has 0 fully saturated rings. The first-order valence-electron chi connectivity index (χ1n) is 30.7. The highest BCUT2D eigenvalue weighted by Gasteiger charge is 2.35. The van der Waals surface area contributed by atoms with E-state index in [0.29, 0.717) is 5.82 Å². The molecule has 0 amide bonds. The van der Waals surface area contributed by atoms with Crippen LogP contribution in [0.4, 0.5) is 0 Å². The molecule has 0 aliphatic heterocycles. The molecule has 13 aromatic carbocycles. The monoisotopic (exact) mass is 1130 g/mol. The molecule has 0 spiro atoms. The minimum Gasteiger partial charge on any atom is -0.309 e. The topological polar surface area (TPSA) is 45.5 Å². The summed E-state index contributed by atoms with van der Waals surface area (Å²) >= 11 is 0. The Balaban J connectivity index is 0.688. The summed E-state index contributed by atoms with van der Waals surface area (Å²) in [5.74, 6) is 1.52. The summed E-state index contributed by atoms with van der Waals surface area (Å²) in [6, 6.07) is 107. The molecule has 0 saturated carbocycles. The third-order valence-electron chi connectivity index (χ3n) is 19.4. The van der Waals surface area contributed by atoms with Crippen LogP contribution in [0.5, 0.6) is 0 Å². The van der Waals surface area contributed by atoms with E-state index < -0.39 is 0 Å². The van der Waals surface area contributed by atoms with Crippen LogP contribution in [-0.2, 0) is 5.41 Å². The summed E-state index contributed by atoms with van der Waals surface area (Å²) in [6.45, 7) is 4.72. The summed E-state index contributed by atoms with van der Waals surface area (Å²) in [5, 5.41) is 10.7. The Morgan fingerprint density at radius 3 is 1.15 bits per heavy atom. The highest BCUT2D eigenvalue weighted by Crippen LogP contribution is 2.50. The molecule has 0 atom stereocenters. The molecular weight excluding hydrogens is 1080 g/mol. The number of benzene rings is 13. The average Bonchev–Trinajstić information content (AvgIpc) is 2.42. The van der Waals surface area contributed by atoms with Crippen LogP contribution >= 0.6 is 0 Å². The lowest BCUT2D eigenvalue weighted by molar-refractivity contribution is 0.660. The van der Waals surface area contributed by atoms with E-state index >= 15 is 0 Å². The number of hydrogen-bond donors (Lipinski definition) is 0. The van der Waals surface area contributed by atoms with Crippen molar-refractivity contribution in [3.05, 3.63) is 302 Å². The maximum Gasteiger partial charge on any atom is 0.162 e. The van der Waals surface area contributed by atoms with Gasteiger partial charge in [-0.2, -0.15) is 0 Å². The SMILES string of the molecule is CC1(C)c2ccccc2-c2ccc(-n3c4ccccc4c4cc(-c5ccc6c(c5)c5ccccc5n6-c5nc(-c6ccc(-n7c8ccccc8c8cc(-c9ccc%10c(c9)c9ccccc9n%10-c9ccccc9)ccc87)cc6)nc6ccccc56)ccc43)cc21. The van der Waals surface area contributed by atoms with Crippen molar-refractivity contribution < 1.29 is 0 Å². The summed E-state index contributed by atoms with van der Waals surface area (Å²) in [5.41, 5.74) is 24.6. The molecule has 0 N–H and O–H groups in total. The fraction of sp³-hybridized carbons (Fsp3) is 0.0361. The van der Waals surface area contributed by atoms with Crippen LogP contribution in [0, 0.1) is 0 Å². The first kappa shape index (κ1) is 49.6. The van der Waals surface area contributed by atoms with E-state index in [1.807, 2.05) is 0 Å². The van der Waals surface area contributed by atoms with E-state index in [1.54, 1.807) is 0 Å². The van der Waals surface area contributed by atoms with Crippen LogP contribution in [0.25, 0.3) is 166 Å². The minimum absolute atomic E-state index is 0.0947. The molecule has 416 valence electrons. The second-order valence-electron chi connectivity index (χ2n) is 24.5. The summed E-state index contributed by atoms with van der Waals surface area (Å²) in [4.78, 5) is 10.8. The normalized spacial score (nSPS) is 12.9. The molecule has 19 rings (SSSR count). The van der Waals surface area contributed by atoms with Gasteiger partial charge < -0.3 is 13.7 Å². The van der Waals surface area contributed by atoms with E-state index in [4.69, 9.17) is 9.97 Å². The second-order valence-corrected chi connectivity index (χ2v) is 24.5. The van der Waals surface area contributed by atoms with Crippen molar-refractivity contribution in [3.63, 3.8) is 0 Å². The van der Waals surface area contributed by atoms with E-state index in [2.05, 4.69) is 323 Å². The molecule has 5 aromatic heterocycles. The van der Waals surface area contributed by atoms with Crippen LogP contribution in [0.15, 0.2) is 291 Å². The standard InChI is InChI=1S/C83H54N6/c1-83(2)70-26-12-6-20-59(70)60-41-40-58(50-71(60)83)88-75-30-16-10-23-63(75)68-48-54(36-44-79(68)88)55-37-45-80-69(49-55)64-24-11-17-31-76(64)89(80)82-65-25-7-13-27-72(65)84-81(85-82)51-32-38-57(39-33-51)87-74-29-15-9-22-62(74)67-47-53(35-43-78(67)87)52-34-42-77-66(46-52)61-21-8-14-28-73(61)86(77)56-18-4-3-5-19-56/h3-50H,1-2H3. The highest BCUT2D eigenvalue weighted by atomic mass is 15.1. The smallest absolute Gasteiger partial charge is 0.162 e. The quantitative estimate of drug-likeness (QED) is 0.160. The Labute approximate surface area is 512 Å². The number of aromatic nitrogens is 6. The average molecular weight is 1140 g/mol. The van der Waals surface area contributed by atoms with Crippen molar-refractivity contribution in [2.75, 3.05) is 0 Å². The van der Waals surface area contributed by atoms with Gasteiger partial charge in [-0.15, -0.1) is 0 Å². The largest absolute Gasteiger partial charge is 0.309 e. The lowest BCUT2D eigenvalue weighted by Gasteiger charge is -2.22. The van der Waals surface area contributed by atoms with Gasteiger partial charge in [-0.25, -0.2) is 9.97 Å². The first-order valence-corrected chi connectivity index (χ1v) is 30.7. The van der Waals surface area contributed by atoms with Crippen LogP contribution < -0.4 is 0 Å². The van der Waals surface area contributed by atoms with Gasteiger partial charge in [-0.05, 0) is 178 Å². The van der Waals surface area contributed by atoms with Crippen molar-refractivity contribution in [1.29, 1.82) is 0 Å². The zero-order valence-electron chi connectivity index (χ0n) is 48.9. The fourth-order valence-corrected chi connectivity index (χ4v) is 15.2. The lowest BCUT2D eigenvalue weighted by atomic mass is 9.82. The van der Waals surface area contributed by atoms with Gasteiger partial charge >= 0.3 is 0 Å². The Morgan fingerprint density at radius 1 is 0.247 bits per heavy atom. The Morgan fingerprint density at radius 2 is 0.618 bits per heavy atom. The van der Waals surface area contributed by atoms with Gasteiger partial charge in [0.2, 0.25) is 0 Å². The molecule has 6 nitrogen and oxygen atoms in total. The molecule has 0 radical (unpaired) electrons. The lowest BCUT2D eigenvalue weighted by Crippen LogP contribution is -2.15. The van der Waals surface area contributed by atoms with Crippen LogP contribution in [0.2, 0.25) is 0 Å². The van der Waals surface area contributed by atoms with Gasteiger partial charge in [0.1, 0.15) is 5.82 Å². The van der Waals surface area contributed by atoms with Gasteiger partial charge in [0.15, 0.2) is 5.82 Å². The molecule has 89 heavy (non-hydrogen) atoms. The zero-order chi connectivity index (χ0) is 58.6. The fourth-order valence-electron chi connectivity index (χ4n) is 15.2. The van der Waals surface area contributed by atoms with E-state index in [0.717, 1.165) is 61.3 Å². The molecule has 6 heteroatoms. The van der Waals surface area contributed by atoms with Crippen molar-refractivity contribution in [3.8, 4) is 67.6 Å². The number of hydrogen-bond acceptors (Lipinski definition) is 2. The van der Waals surface area contributed by atoms with E-state index in [-0.39, 0.29) is 5.41 Å². The van der Waals surface area contributed by atoms with E-state index in [9.17, 15) is 0 Å². The van der Waals surface area contributed by atoms with Gasteiger partial charge in [0.25, 0.3) is 0 Å². The molecule has 0 saturated heterocycles. The molecule has 1 aliphatic rings. The minimum atomic E-state index is -0.0947. The zero-order valence-corrected chi connectivity index (χ0v) is 48.9. The summed E-state index contributed by atoms with van der Waals surface area (Å²) in [7, 11) is 0. The Hall–Kier alpha value is -11.6. The summed E-state index contributed by atoms with van der Waals surface area (Å²) < 4.78 is 9.56. The van der Waals surface area contributed by atoms with Crippen LogP contribution in [0.3, 0.4) is 0 Å². The van der Waals surface area contributed by atoms with Crippen molar-refractivity contribution in [1.82, 2.24) is 28.2 Å². The number of nitrogens with zero attached hydrogens (tertiary/aromatic N) is 6. The van der Waals surface area contributed by atoms with Gasteiger partial charge in [-0.1, -0.05) is 172 Å². The molecule has 1 aliphatic carbocycles. The molecule has 0 unspecified atom stereocenters. The Kier molecular flexibility index (Phi) is 10.4. The highest BCUT2D eigenvalue weighted by molar-refractivity contribution is 6.15. The molecule has 5 heterocycles. The van der Waals surface area contributed by atoms with Crippen LogP contribution in [0.1, 0.15) is 25.0 Å². The van der Waals surface area contributed by atoms with Gasteiger partial charge in [0.05, 0.1) is 49.7 Å². The maximum atomic E-state index is 5.55. The number of fused-ring (bicyclic) bond motifs is 16. The third-order valence-corrected chi connectivity index (χ3v) is 19.4. The Bertz CT molecular complexity index is 6010. The molecule has 18 aromatic rings.